The first kappa shape index (κ1) is 17.6. The van der Waals surface area contributed by atoms with Crippen molar-refractivity contribution in [2.45, 2.75) is 31.2 Å². The Bertz CT molecular complexity index is 770. The van der Waals surface area contributed by atoms with Crippen molar-refractivity contribution in [1.29, 1.82) is 0 Å². The van der Waals surface area contributed by atoms with E-state index in [0.717, 1.165) is 11.5 Å². The molecule has 0 bridgehead atoms. The van der Waals surface area contributed by atoms with Gasteiger partial charge in [-0.05, 0) is 23.9 Å². The smallest absolute Gasteiger partial charge is 0.321 e. The molecule has 6 nitrogen and oxygen atoms in total. The van der Waals surface area contributed by atoms with Crippen molar-refractivity contribution >= 4 is 27.5 Å². The Kier molecular flexibility index (Phi) is 5.51. The van der Waals surface area contributed by atoms with E-state index in [2.05, 4.69) is 9.10 Å². The van der Waals surface area contributed by atoms with Gasteiger partial charge >= 0.3 is 5.97 Å². The molecule has 2 rings (SSSR count). The molecule has 0 spiro atoms. The number of nitrogens with zero attached hydrogens (tertiary/aromatic N) is 1. The van der Waals surface area contributed by atoms with E-state index in [1.807, 2.05) is 19.9 Å². The van der Waals surface area contributed by atoms with Crippen LogP contribution in [0, 0.1) is 5.92 Å². The van der Waals surface area contributed by atoms with Crippen LogP contribution in [0.15, 0.2) is 40.6 Å². The number of carboxylic acids is 1. The third kappa shape index (κ3) is 4.37. The summed E-state index contributed by atoms with van der Waals surface area (Å²) in [6.07, 6.45) is 0.215. The average molecular weight is 354 g/mol. The molecule has 0 unspecified atom stereocenters. The maximum Gasteiger partial charge on any atom is 0.321 e. The third-order valence-electron chi connectivity index (χ3n) is 3.18. The third-order valence-corrected chi connectivity index (χ3v) is 5.44. The molecular formula is C15H18N2O4S2. The van der Waals surface area contributed by atoms with Crippen LogP contribution in [0.5, 0.6) is 0 Å². The highest BCUT2D eigenvalue weighted by Gasteiger charge is 2.29. The first-order chi connectivity index (χ1) is 10.8. The van der Waals surface area contributed by atoms with Gasteiger partial charge in [-0.25, -0.2) is 8.42 Å². The van der Waals surface area contributed by atoms with Gasteiger partial charge < -0.3 is 5.11 Å². The topological polar surface area (TPSA) is 96.4 Å². The highest BCUT2D eigenvalue weighted by atomic mass is 32.2. The van der Waals surface area contributed by atoms with Crippen LogP contribution < -0.4 is 4.72 Å². The SMILES string of the molecule is CC(C)C[C@H](NS(=O)(=O)c1csnc1-c1ccccc1)C(=O)O. The summed E-state index contributed by atoms with van der Waals surface area (Å²) >= 11 is 1.02. The molecule has 0 amide bonds. The van der Waals surface area contributed by atoms with Gasteiger partial charge in [0.15, 0.2) is 0 Å². The van der Waals surface area contributed by atoms with Gasteiger partial charge in [-0.2, -0.15) is 9.10 Å². The number of benzene rings is 1. The summed E-state index contributed by atoms with van der Waals surface area (Å²) in [6, 6.07) is 7.76. The van der Waals surface area contributed by atoms with Crippen LogP contribution in [0.25, 0.3) is 11.3 Å². The van der Waals surface area contributed by atoms with Crippen molar-refractivity contribution in [3.05, 3.63) is 35.7 Å². The summed E-state index contributed by atoms with van der Waals surface area (Å²) in [6.45, 7) is 3.68. The standard InChI is InChI=1S/C15H18N2O4S2/c1-10(2)8-12(15(18)19)17-23(20,21)13-9-22-16-14(13)11-6-4-3-5-7-11/h3-7,9-10,12,17H,8H2,1-2H3,(H,18,19)/t12-/m0/s1. The second-order valence-electron chi connectivity index (χ2n) is 5.54. The Morgan fingerprint density at radius 2 is 1.96 bits per heavy atom. The van der Waals surface area contributed by atoms with Crippen LogP contribution in [0.3, 0.4) is 0 Å². The lowest BCUT2D eigenvalue weighted by Gasteiger charge is -2.16. The first-order valence-corrected chi connectivity index (χ1v) is 9.38. The normalized spacial score (nSPS) is 13.2. The van der Waals surface area contributed by atoms with E-state index < -0.39 is 22.0 Å². The van der Waals surface area contributed by atoms with Crippen molar-refractivity contribution in [1.82, 2.24) is 9.10 Å². The maximum atomic E-state index is 12.6. The van der Waals surface area contributed by atoms with E-state index in [-0.39, 0.29) is 17.2 Å². The van der Waals surface area contributed by atoms with Crippen LogP contribution in [0.1, 0.15) is 20.3 Å². The molecule has 0 aliphatic rings. The number of rotatable bonds is 7. The number of hydrogen-bond donors (Lipinski definition) is 2. The van der Waals surface area contributed by atoms with Gasteiger partial charge in [0, 0.05) is 10.9 Å². The number of carboxylic acid groups (broad SMARTS) is 1. The number of aliphatic carboxylic acids is 1. The Balaban J connectivity index is 2.34. The molecule has 1 atom stereocenters. The van der Waals surface area contributed by atoms with Crippen molar-refractivity contribution < 1.29 is 18.3 Å². The quantitative estimate of drug-likeness (QED) is 0.797. The highest BCUT2D eigenvalue weighted by molar-refractivity contribution is 7.89. The van der Waals surface area contributed by atoms with E-state index in [0.29, 0.717) is 11.3 Å². The number of nitrogens with one attached hydrogen (secondary N) is 1. The van der Waals surface area contributed by atoms with Gasteiger partial charge in [-0.15, -0.1) is 0 Å². The molecule has 0 saturated carbocycles. The lowest BCUT2D eigenvalue weighted by atomic mass is 10.1. The second-order valence-corrected chi connectivity index (χ2v) is 7.85. The zero-order valence-corrected chi connectivity index (χ0v) is 14.4. The van der Waals surface area contributed by atoms with Crippen LogP contribution in [-0.2, 0) is 14.8 Å². The fraction of sp³-hybridized carbons (Fsp3) is 0.333. The Hall–Kier alpha value is -1.77. The van der Waals surface area contributed by atoms with Crippen molar-refractivity contribution in [2.75, 3.05) is 0 Å². The number of carbonyl (C=O) groups is 1. The Morgan fingerprint density at radius 1 is 1.30 bits per heavy atom. The van der Waals surface area contributed by atoms with E-state index in [4.69, 9.17) is 0 Å². The highest BCUT2D eigenvalue weighted by Crippen LogP contribution is 2.28. The van der Waals surface area contributed by atoms with Gasteiger partial charge in [0.2, 0.25) is 10.0 Å². The molecule has 2 N–H and O–H groups in total. The predicted molar refractivity (Wildman–Crippen MR) is 88.8 cm³/mol. The fourth-order valence-corrected chi connectivity index (χ4v) is 4.51. The Morgan fingerprint density at radius 3 is 2.52 bits per heavy atom. The predicted octanol–water partition coefficient (Wildman–Crippen LogP) is 2.59. The lowest BCUT2D eigenvalue weighted by molar-refractivity contribution is -0.139. The number of aromatic nitrogens is 1. The van der Waals surface area contributed by atoms with Crippen molar-refractivity contribution in [3.8, 4) is 11.3 Å². The van der Waals surface area contributed by atoms with Crippen molar-refractivity contribution in [2.24, 2.45) is 5.92 Å². The maximum absolute atomic E-state index is 12.6. The first-order valence-electron chi connectivity index (χ1n) is 7.06. The molecule has 0 saturated heterocycles. The van der Waals surface area contributed by atoms with E-state index in [1.54, 1.807) is 24.3 Å². The molecule has 8 heteroatoms. The summed E-state index contributed by atoms with van der Waals surface area (Å²) in [5.74, 6) is -1.14. The molecule has 1 aromatic carbocycles. The van der Waals surface area contributed by atoms with Gasteiger partial charge in [-0.1, -0.05) is 44.2 Å². The lowest BCUT2D eigenvalue weighted by Crippen LogP contribution is -2.41. The monoisotopic (exact) mass is 354 g/mol. The van der Waals surface area contributed by atoms with Gasteiger partial charge in [-0.3, -0.25) is 4.79 Å². The van der Waals surface area contributed by atoms with Crippen LogP contribution in [0.4, 0.5) is 0 Å². The summed E-state index contributed by atoms with van der Waals surface area (Å²) in [5.41, 5.74) is 1.00. The molecule has 1 aromatic heterocycles. The molecular weight excluding hydrogens is 336 g/mol. The molecule has 0 radical (unpaired) electrons. The summed E-state index contributed by atoms with van der Waals surface area (Å²) in [5, 5.41) is 10.6. The molecule has 0 aliphatic heterocycles. The van der Waals surface area contributed by atoms with E-state index >= 15 is 0 Å². The summed E-state index contributed by atoms with van der Waals surface area (Å²) < 4.78 is 31.6. The minimum Gasteiger partial charge on any atom is -0.480 e. The van der Waals surface area contributed by atoms with Gasteiger partial charge in [0.25, 0.3) is 0 Å². The molecule has 23 heavy (non-hydrogen) atoms. The molecule has 124 valence electrons. The van der Waals surface area contributed by atoms with Crippen LogP contribution >= 0.6 is 11.5 Å². The summed E-state index contributed by atoms with van der Waals surface area (Å²) in [7, 11) is -3.97. The van der Waals surface area contributed by atoms with E-state index in [1.165, 1.54) is 5.38 Å². The van der Waals surface area contributed by atoms with Crippen LogP contribution in [0.2, 0.25) is 0 Å². The fourth-order valence-electron chi connectivity index (χ4n) is 2.13. The van der Waals surface area contributed by atoms with Gasteiger partial charge in [0.05, 0.1) is 0 Å². The average Bonchev–Trinajstić information content (AvgIpc) is 2.97. The molecule has 0 aliphatic carbocycles. The second kappa shape index (κ2) is 7.20. The van der Waals surface area contributed by atoms with E-state index in [9.17, 15) is 18.3 Å². The molecule has 0 fully saturated rings. The van der Waals surface area contributed by atoms with Gasteiger partial charge in [0.1, 0.15) is 16.6 Å². The van der Waals surface area contributed by atoms with Crippen LogP contribution in [-0.4, -0.2) is 29.9 Å². The minimum absolute atomic E-state index is 0.00343. The molecule has 1 heterocycles. The number of sulfonamides is 1. The largest absolute Gasteiger partial charge is 0.480 e. The Labute approximate surface area is 139 Å². The molecule has 2 aromatic rings. The minimum atomic E-state index is -3.97. The van der Waals surface area contributed by atoms with Crippen molar-refractivity contribution in [3.63, 3.8) is 0 Å². The zero-order chi connectivity index (χ0) is 17.0. The zero-order valence-electron chi connectivity index (χ0n) is 12.8. The number of hydrogen-bond acceptors (Lipinski definition) is 5. The summed E-state index contributed by atoms with van der Waals surface area (Å²) in [4.78, 5) is 11.3.